The number of hydrogen-bond donors (Lipinski definition) is 2. The lowest BCUT2D eigenvalue weighted by molar-refractivity contribution is -0.0502. The third kappa shape index (κ3) is 6.06. The second-order valence-electron chi connectivity index (χ2n) is 10.9. The van der Waals surface area contributed by atoms with Gasteiger partial charge in [-0.2, -0.15) is 8.78 Å². The SMILES string of the molecule is COc1cc(-c2cnc3cc(OCCCN4CCC5(CC4)CNC(=O)O5)ccn23)cc(OC(F)F)c1C(=O)NC1CC1. The highest BCUT2D eigenvalue weighted by molar-refractivity contribution is 6.01. The fourth-order valence-corrected chi connectivity index (χ4v) is 5.51. The Bertz CT molecular complexity index is 1470. The number of nitrogens with zero attached hydrogens (tertiary/aromatic N) is 3. The van der Waals surface area contributed by atoms with Crippen LogP contribution in [0.15, 0.2) is 36.7 Å². The van der Waals surface area contributed by atoms with Gasteiger partial charge in [0, 0.05) is 56.3 Å². The molecule has 224 valence electrons. The summed E-state index contributed by atoms with van der Waals surface area (Å²) in [5.74, 6) is 0.00287. The first-order valence-electron chi connectivity index (χ1n) is 14.1. The molecule has 0 radical (unpaired) electrons. The number of rotatable bonds is 11. The van der Waals surface area contributed by atoms with Gasteiger partial charge in [0.15, 0.2) is 0 Å². The van der Waals surface area contributed by atoms with E-state index in [1.165, 1.54) is 13.2 Å². The minimum absolute atomic E-state index is 0.0336. The van der Waals surface area contributed by atoms with Crippen LogP contribution in [0.4, 0.5) is 13.6 Å². The van der Waals surface area contributed by atoms with Crippen molar-refractivity contribution >= 4 is 17.6 Å². The third-order valence-corrected chi connectivity index (χ3v) is 7.94. The molecule has 3 fully saturated rings. The van der Waals surface area contributed by atoms with Gasteiger partial charge in [-0.3, -0.25) is 9.20 Å². The predicted molar refractivity (Wildman–Crippen MR) is 147 cm³/mol. The van der Waals surface area contributed by atoms with Crippen molar-refractivity contribution in [3.63, 3.8) is 0 Å². The van der Waals surface area contributed by atoms with Gasteiger partial charge in [-0.1, -0.05) is 0 Å². The minimum Gasteiger partial charge on any atom is -0.496 e. The maximum atomic E-state index is 13.3. The van der Waals surface area contributed by atoms with Crippen molar-refractivity contribution < 1.29 is 37.3 Å². The molecule has 1 aliphatic carbocycles. The Balaban J connectivity index is 1.10. The summed E-state index contributed by atoms with van der Waals surface area (Å²) in [6.07, 6.45) is 7.26. The van der Waals surface area contributed by atoms with Crippen molar-refractivity contribution in [2.75, 3.05) is 39.9 Å². The lowest BCUT2D eigenvalue weighted by Crippen LogP contribution is -2.46. The standard InChI is InChI=1S/C29H33F2N5O6/c1-39-22-13-18(14-23(41-27(30)31)25(22)26(37)34-19-3-4-19)21-16-32-24-15-20(5-9-36(21)24)40-12-2-8-35-10-6-29(7-11-35)17-33-28(38)42-29/h5,9,13-16,19,27H,2-4,6-8,10-12,17H2,1H3,(H,33,38)(H,34,37). The van der Waals surface area contributed by atoms with E-state index in [0.717, 1.165) is 51.7 Å². The van der Waals surface area contributed by atoms with Gasteiger partial charge in [0.2, 0.25) is 0 Å². The zero-order chi connectivity index (χ0) is 29.3. The average Bonchev–Trinajstić information content (AvgIpc) is 3.57. The number of pyridine rings is 1. The molecule has 0 atom stereocenters. The number of nitrogens with one attached hydrogen (secondary N) is 2. The number of alkyl carbamates (subject to hydrolysis) is 1. The van der Waals surface area contributed by atoms with Crippen LogP contribution in [0.2, 0.25) is 0 Å². The summed E-state index contributed by atoms with van der Waals surface area (Å²) < 4.78 is 50.1. The van der Waals surface area contributed by atoms with Crippen molar-refractivity contribution in [3.8, 4) is 28.5 Å². The zero-order valence-electron chi connectivity index (χ0n) is 23.2. The number of fused-ring (bicyclic) bond motifs is 1. The predicted octanol–water partition coefficient (Wildman–Crippen LogP) is 3.85. The number of amides is 2. The minimum atomic E-state index is -3.12. The molecule has 3 aliphatic rings. The number of piperidine rings is 1. The van der Waals surface area contributed by atoms with E-state index in [4.69, 9.17) is 18.9 Å². The second kappa shape index (κ2) is 11.6. The van der Waals surface area contributed by atoms with E-state index in [1.54, 1.807) is 28.9 Å². The first-order valence-corrected chi connectivity index (χ1v) is 14.1. The maximum absolute atomic E-state index is 13.3. The average molecular weight is 586 g/mol. The summed E-state index contributed by atoms with van der Waals surface area (Å²) in [6.45, 7) is 0.624. The molecule has 13 heteroatoms. The quantitative estimate of drug-likeness (QED) is 0.326. The molecule has 0 unspecified atom stereocenters. The van der Waals surface area contributed by atoms with E-state index in [-0.39, 0.29) is 34.8 Å². The van der Waals surface area contributed by atoms with Crippen LogP contribution in [0.3, 0.4) is 0 Å². The van der Waals surface area contributed by atoms with Crippen molar-refractivity contribution in [1.82, 2.24) is 24.9 Å². The van der Waals surface area contributed by atoms with E-state index in [2.05, 4.69) is 20.5 Å². The molecule has 4 heterocycles. The number of carbonyl (C=O) groups is 2. The summed E-state index contributed by atoms with van der Waals surface area (Å²) in [6, 6.07) is 6.67. The molecule has 0 bridgehead atoms. The summed E-state index contributed by atoms with van der Waals surface area (Å²) in [5.41, 5.74) is 1.29. The van der Waals surface area contributed by atoms with Crippen LogP contribution in [0, 0.1) is 0 Å². The number of likely N-dealkylation sites (tertiary alicyclic amines) is 1. The molecule has 11 nitrogen and oxygen atoms in total. The maximum Gasteiger partial charge on any atom is 0.407 e. The number of ether oxygens (including phenoxy) is 4. The summed E-state index contributed by atoms with van der Waals surface area (Å²) in [4.78, 5) is 31.1. The van der Waals surface area contributed by atoms with E-state index < -0.39 is 12.5 Å². The number of carbonyl (C=O) groups excluding carboxylic acids is 2. The fourth-order valence-electron chi connectivity index (χ4n) is 5.51. The van der Waals surface area contributed by atoms with Gasteiger partial charge in [0.25, 0.3) is 5.91 Å². The Kier molecular flexibility index (Phi) is 7.76. The number of halogens is 2. The van der Waals surface area contributed by atoms with Crippen molar-refractivity contribution in [1.29, 1.82) is 0 Å². The number of imidazole rings is 1. The van der Waals surface area contributed by atoms with Crippen LogP contribution in [0.1, 0.15) is 42.5 Å². The molecular formula is C29H33F2N5O6. The highest BCUT2D eigenvalue weighted by Gasteiger charge is 2.42. The van der Waals surface area contributed by atoms with Crippen molar-refractivity contribution in [2.24, 2.45) is 0 Å². The van der Waals surface area contributed by atoms with Gasteiger partial charge in [0.05, 0.1) is 32.2 Å². The Morgan fingerprint density at radius 1 is 1.24 bits per heavy atom. The van der Waals surface area contributed by atoms with Crippen LogP contribution in [0.5, 0.6) is 17.2 Å². The largest absolute Gasteiger partial charge is 0.496 e. The summed E-state index contributed by atoms with van der Waals surface area (Å²) in [5, 5.41) is 5.56. The van der Waals surface area contributed by atoms with Crippen LogP contribution in [-0.4, -0.2) is 84.4 Å². The van der Waals surface area contributed by atoms with Crippen LogP contribution >= 0.6 is 0 Å². The van der Waals surface area contributed by atoms with Crippen LogP contribution in [0.25, 0.3) is 16.9 Å². The number of aromatic nitrogens is 2. The van der Waals surface area contributed by atoms with E-state index in [1.807, 2.05) is 6.07 Å². The number of benzene rings is 1. The second-order valence-corrected chi connectivity index (χ2v) is 10.9. The van der Waals surface area contributed by atoms with Crippen LogP contribution < -0.4 is 24.8 Å². The zero-order valence-corrected chi connectivity index (χ0v) is 23.2. The molecule has 2 aromatic heterocycles. The molecule has 1 saturated carbocycles. The molecule has 3 aromatic rings. The first-order chi connectivity index (χ1) is 20.3. The smallest absolute Gasteiger partial charge is 0.407 e. The molecule has 1 spiro atoms. The van der Waals surface area contributed by atoms with Gasteiger partial charge < -0.3 is 34.5 Å². The molecule has 1 aromatic carbocycles. The normalized spacial score (nSPS) is 18.2. The Morgan fingerprint density at radius 3 is 2.71 bits per heavy atom. The third-order valence-electron chi connectivity index (χ3n) is 7.94. The molecule has 6 rings (SSSR count). The lowest BCUT2D eigenvalue weighted by Gasteiger charge is -2.37. The molecule has 42 heavy (non-hydrogen) atoms. The van der Waals surface area contributed by atoms with E-state index in [9.17, 15) is 18.4 Å². The topological polar surface area (TPSA) is 116 Å². The van der Waals surface area contributed by atoms with Crippen molar-refractivity contribution in [2.45, 2.75) is 50.4 Å². The fraction of sp³-hybridized carbons (Fsp3) is 0.483. The molecule has 2 amide bonds. The summed E-state index contributed by atoms with van der Waals surface area (Å²) >= 11 is 0. The van der Waals surface area contributed by atoms with Gasteiger partial charge in [-0.15, -0.1) is 0 Å². The monoisotopic (exact) mass is 585 g/mol. The van der Waals surface area contributed by atoms with Gasteiger partial charge in [-0.05, 0) is 37.5 Å². The molecule has 2 saturated heterocycles. The highest BCUT2D eigenvalue weighted by Crippen LogP contribution is 2.37. The lowest BCUT2D eigenvalue weighted by atomic mass is 9.91. The number of hydrogen-bond acceptors (Lipinski definition) is 8. The Morgan fingerprint density at radius 2 is 2.02 bits per heavy atom. The Hall–Kier alpha value is -4.13. The van der Waals surface area contributed by atoms with Crippen molar-refractivity contribution in [3.05, 3.63) is 42.2 Å². The Labute approximate surface area is 241 Å². The van der Waals surface area contributed by atoms with E-state index >= 15 is 0 Å². The first kappa shape index (κ1) is 28.0. The summed E-state index contributed by atoms with van der Waals surface area (Å²) in [7, 11) is 1.38. The molecule has 2 N–H and O–H groups in total. The van der Waals surface area contributed by atoms with Gasteiger partial charge in [0.1, 0.15) is 34.1 Å². The molecule has 2 aliphatic heterocycles. The number of methoxy groups -OCH3 is 1. The van der Waals surface area contributed by atoms with Gasteiger partial charge >= 0.3 is 12.7 Å². The van der Waals surface area contributed by atoms with E-state index in [0.29, 0.717) is 35.8 Å². The highest BCUT2D eigenvalue weighted by atomic mass is 19.3. The number of alkyl halides is 2. The molecular weight excluding hydrogens is 552 g/mol. The van der Waals surface area contributed by atoms with Gasteiger partial charge in [-0.25, -0.2) is 9.78 Å². The van der Waals surface area contributed by atoms with Crippen LogP contribution in [-0.2, 0) is 4.74 Å².